The Balaban J connectivity index is 1.72. The number of imidazole rings is 1. The molecule has 0 aromatic carbocycles. The Bertz CT molecular complexity index is 376. The van der Waals surface area contributed by atoms with Gasteiger partial charge in [-0.2, -0.15) is 0 Å². The van der Waals surface area contributed by atoms with Crippen molar-refractivity contribution in [3.8, 4) is 0 Å². The number of ether oxygens (including phenoxy) is 1. The molecular weight excluding hydrogens is 244 g/mol. The molecule has 0 saturated carbocycles. The van der Waals surface area contributed by atoms with Crippen molar-refractivity contribution in [1.29, 1.82) is 0 Å². The van der Waals surface area contributed by atoms with E-state index in [1.807, 2.05) is 24.9 Å². The Morgan fingerprint density at radius 2 is 2.21 bits per heavy atom. The first-order valence-corrected chi connectivity index (χ1v) is 6.78. The smallest absolute Gasteiger partial charge is 0.122 e. The molecule has 0 amide bonds. The summed E-state index contributed by atoms with van der Waals surface area (Å²) in [6, 6.07) is 0. The Labute approximate surface area is 114 Å². The molecule has 1 fully saturated rings. The fourth-order valence-corrected chi connectivity index (χ4v) is 2.35. The summed E-state index contributed by atoms with van der Waals surface area (Å²) in [5, 5.41) is 10.1. The van der Waals surface area contributed by atoms with Crippen molar-refractivity contribution >= 4 is 0 Å². The zero-order valence-electron chi connectivity index (χ0n) is 11.8. The van der Waals surface area contributed by atoms with Crippen LogP contribution in [-0.2, 0) is 18.3 Å². The molecule has 0 aliphatic carbocycles. The van der Waals surface area contributed by atoms with E-state index in [-0.39, 0.29) is 6.10 Å². The number of hydrogen-bond acceptors (Lipinski definition) is 5. The molecule has 6 nitrogen and oxygen atoms in total. The highest BCUT2D eigenvalue weighted by atomic mass is 16.5. The lowest BCUT2D eigenvalue weighted by Crippen LogP contribution is -2.44. The van der Waals surface area contributed by atoms with E-state index in [1.165, 1.54) is 0 Å². The topological polar surface area (TPSA) is 53.8 Å². The average Bonchev–Trinajstić information content (AvgIpc) is 2.76. The minimum Gasteiger partial charge on any atom is -0.390 e. The third-order valence-electron chi connectivity index (χ3n) is 3.43. The summed E-state index contributed by atoms with van der Waals surface area (Å²) in [6.45, 7) is 5.51. The second-order valence-electron chi connectivity index (χ2n) is 5.22. The normalized spacial score (nSPS) is 18.9. The second kappa shape index (κ2) is 7.00. The van der Waals surface area contributed by atoms with Crippen LogP contribution in [0.4, 0.5) is 0 Å². The van der Waals surface area contributed by atoms with Crippen molar-refractivity contribution in [2.45, 2.75) is 12.6 Å². The average molecular weight is 268 g/mol. The van der Waals surface area contributed by atoms with Gasteiger partial charge in [-0.15, -0.1) is 0 Å². The van der Waals surface area contributed by atoms with E-state index >= 15 is 0 Å². The predicted octanol–water partition coefficient (Wildman–Crippen LogP) is -0.455. The standard InChI is InChI=1S/C13H24N4O2/c1-15(11-13-14-3-4-16(13)2)9-12(18)10-17-5-7-19-8-6-17/h3-4,12,18H,5-11H2,1-2H3. The molecule has 1 N–H and O–H groups in total. The van der Waals surface area contributed by atoms with Gasteiger partial charge in [-0.3, -0.25) is 9.80 Å². The van der Waals surface area contributed by atoms with E-state index in [0.717, 1.165) is 38.7 Å². The first-order valence-electron chi connectivity index (χ1n) is 6.78. The maximum absolute atomic E-state index is 10.1. The van der Waals surface area contributed by atoms with Gasteiger partial charge in [-0.25, -0.2) is 4.98 Å². The van der Waals surface area contributed by atoms with Crippen LogP contribution in [0.15, 0.2) is 12.4 Å². The van der Waals surface area contributed by atoms with Crippen molar-refractivity contribution in [3.05, 3.63) is 18.2 Å². The predicted molar refractivity (Wildman–Crippen MR) is 72.8 cm³/mol. The zero-order valence-corrected chi connectivity index (χ0v) is 11.8. The number of aromatic nitrogens is 2. The molecule has 1 atom stereocenters. The van der Waals surface area contributed by atoms with Crippen LogP contribution in [0, 0.1) is 0 Å². The first-order chi connectivity index (χ1) is 9.15. The lowest BCUT2D eigenvalue weighted by atomic mass is 10.3. The van der Waals surface area contributed by atoms with Gasteiger partial charge in [-0.1, -0.05) is 0 Å². The number of aryl methyl sites for hydroxylation is 1. The first kappa shape index (κ1) is 14.5. The maximum Gasteiger partial charge on any atom is 0.122 e. The van der Waals surface area contributed by atoms with Crippen LogP contribution in [0.2, 0.25) is 0 Å². The monoisotopic (exact) mass is 268 g/mol. The molecule has 19 heavy (non-hydrogen) atoms. The molecule has 0 radical (unpaired) electrons. The fourth-order valence-electron chi connectivity index (χ4n) is 2.35. The Morgan fingerprint density at radius 1 is 1.47 bits per heavy atom. The van der Waals surface area contributed by atoms with E-state index in [4.69, 9.17) is 4.74 Å². The lowest BCUT2D eigenvalue weighted by Gasteiger charge is -2.30. The van der Waals surface area contributed by atoms with Gasteiger partial charge in [0.2, 0.25) is 0 Å². The Kier molecular flexibility index (Phi) is 5.33. The molecule has 1 aromatic rings. The molecule has 0 spiro atoms. The van der Waals surface area contributed by atoms with Crippen LogP contribution < -0.4 is 0 Å². The van der Waals surface area contributed by atoms with Crippen LogP contribution in [0.1, 0.15) is 5.82 Å². The number of nitrogens with zero attached hydrogens (tertiary/aromatic N) is 4. The van der Waals surface area contributed by atoms with Gasteiger partial charge in [0, 0.05) is 45.6 Å². The molecule has 108 valence electrons. The summed E-state index contributed by atoms with van der Waals surface area (Å²) < 4.78 is 7.31. The van der Waals surface area contributed by atoms with Gasteiger partial charge in [0.1, 0.15) is 5.82 Å². The summed E-state index contributed by atoms with van der Waals surface area (Å²) >= 11 is 0. The van der Waals surface area contributed by atoms with Gasteiger partial charge >= 0.3 is 0 Å². The van der Waals surface area contributed by atoms with Crippen molar-refractivity contribution < 1.29 is 9.84 Å². The Hall–Kier alpha value is -0.950. The van der Waals surface area contributed by atoms with Crippen LogP contribution >= 0.6 is 0 Å². The van der Waals surface area contributed by atoms with E-state index in [2.05, 4.69) is 14.8 Å². The van der Waals surface area contributed by atoms with Gasteiger partial charge in [0.15, 0.2) is 0 Å². The van der Waals surface area contributed by atoms with E-state index in [1.54, 1.807) is 6.20 Å². The number of aliphatic hydroxyl groups is 1. The Morgan fingerprint density at radius 3 is 2.84 bits per heavy atom. The molecule has 1 unspecified atom stereocenters. The van der Waals surface area contributed by atoms with E-state index < -0.39 is 0 Å². The minimum atomic E-state index is -0.330. The summed E-state index contributed by atoms with van der Waals surface area (Å²) in [5.74, 6) is 1.01. The van der Waals surface area contributed by atoms with E-state index in [9.17, 15) is 5.11 Å². The highest BCUT2D eigenvalue weighted by Crippen LogP contribution is 2.03. The van der Waals surface area contributed by atoms with Gasteiger partial charge < -0.3 is 14.4 Å². The van der Waals surface area contributed by atoms with Crippen LogP contribution in [-0.4, -0.2) is 77.0 Å². The number of hydrogen-bond donors (Lipinski definition) is 1. The molecule has 0 bridgehead atoms. The quantitative estimate of drug-likeness (QED) is 0.757. The van der Waals surface area contributed by atoms with Gasteiger partial charge in [-0.05, 0) is 7.05 Å². The lowest BCUT2D eigenvalue weighted by molar-refractivity contribution is 0.00807. The van der Waals surface area contributed by atoms with Crippen LogP contribution in [0.3, 0.4) is 0 Å². The van der Waals surface area contributed by atoms with Crippen molar-refractivity contribution in [1.82, 2.24) is 19.4 Å². The highest BCUT2D eigenvalue weighted by Gasteiger charge is 2.16. The molecule has 6 heteroatoms. The number of rotatable bonds is 6. The molecular formula is C13H24N4O2. The third-order valence-corrected chi connectivity index (χ3v) is 3.43. The van der Waals surface area contributed by atoms with Crippen LogP contribution in [0.5, 0.6) is 0 Å². The maximum atomic E-state index is 10.1. The van der Waals surface area contributed by atoms with Crippen molar-refractivity contribution in [2.75, 3.05) is 46.4 Å². The molecule has 2 rings (SSSR count). The SMILES string of the molecule is CN(Cc1nccn1C)CC(O)CN1CCOCC1. The van der Waals surface area contributed by atoms with E-state index in [0.29, 0.717) is 13.1 Å². The molecule has 1 aliphatic heterocycles. The van der Waals surface area contributed by atoms with Gasteiger partial charge in [0.25, 0.3) is 0 Å². The molecule has 2 heterocycles. The fraction of sp³-hybridized carbons (Fsp3) is 0.769. The molecule has 1 aliphatic rings. The number of morpholine rings is 1. The largest absolute Gasteiger partial charge is 0.390 e. The number of likely N-dealkylation sites (N-methyl/N-ethyl adjacent to an activating group) is 1. The number of β-amino-alcohol motifs (C(OH)–C–C–N with tert-alkyl or cyclic N) is 1. The summed E-state index contributed by atoms with van der Waals surface area (Å²) in [4.78, 5) is 8.65. The number of aliphatic hydroxyl groups excluding tert-OH is 1. The molecule has 1 saturated heterocycles. The van der Waals surface area contributed by atoms with Crippen molar-refractivity contribution in [2.24, 2.45) is 7.05 Å². The third kappa shape index (κ3) is 4.58. The second-order valence-corrected chi connectivity index (χ2v) is 5.22. The summed E-state index contributed by atoms with van der Waals surface area (Å²) in [5.41, 5.74) is 0. The molecule has 1 aromatic heterocycles. The van der Waals surface area contributed by atoms with Crippen LogP contribution in [0.25, 0.3) is 0 Å². The minimum absolute atomic E-state index is 0.330. The van der Waals surface area contributed by atoms with Gasteiger partial charge in [0.05, 0.1) is 25.9 Å². The summed E-state index contributed by atoms with van der Waals surface area (Å²) in [6.07, 6.45) is 3.41. The van der Waals surface area contributed by atoms with Crippen molar-refractivity contribution in [3.63, 3.8) is 0 Å². The highest BCUT2D eigenvalue weighted by molar-refractivity contribution is 4.90. The summed E-state index contributed by atoms with van der Waals surface area (Å²) in [7, 11) is 4.00. The zero-order chi connectivity index (χ0) is 13.7.